The molecular formula is C11H12N2O2S. The quantitative estimate of drug-likeness (QED) is 0.748. The van der Waals surface area contributed by atoms with Crippen molar-refractivity contribution in [3.05, 3.63) is 35.9 Å². The number of thiocarbonyl (C=S) groups is 1. The molecule has 1 amide bonds. The van der Waals surface area contributed by atoms with Gasteiger partial charge >= 0.3 is 0 Å². The van der Waals surface area contributed by atoms with Gasteiger partial charge in [0.05, 0.1) is 19.2 Å². The molecule has 1 aromatic rings. The number of carbonyl (C=O) groups excluding carboxylic acids is 1. The van der Waals surface area contributed by atoms with Gasteiger partial charge in [0, 0.05) is 0 Å². The molecular weight excluding hydrogens is 224 g/mol. The van der Waals surface area contributed by atoms with Gasteiger partial charge in [0.1, 0.15) is 0 Å². The number of rotatable bonds is 3. The van der Waals surface area contributed by atoms with Gasteiger partial charge in [-0.15, -0.1) is 0 Å². The zero-order valence-electron chi connectivity index (χ0n) is 8.59. The predicted molar refractivity (Wildman–Crippen MR) is 63.7 cm³/mol. The molecule has 2 rings (SSSR count). The van der Waals surface area contributed by atoms with Crippen molar-refractivity contribution in [2.45, 2.75) is 6.04 Å². The molecule has 1 aliphatic heterocycles. The fraction of sp³-hybridized carbons (Fsp3) is 0.273. The van der Waals surface area contributed by atoms with Gasteiger partial charge in [0.25, 0.3) is 0 Å². The van der Waals surface area contributed by atoms with Gasteiger partial charge < -0.3 is 10.4 Å². The van der Waals surface area contributed by atoms with Gasteiger partial charge in [-0.05, 0) is 17.8 Å². The van der Waals surface area contributed by atoms with Gasteiger partial charge in [-0.25, -0.2) is 0 Å². The van der Waals surface area contributed by atoms with Crippen LogP contribution in [-0.4, -0.2) is 34.2 Å². The van der Waals surface area contributed by atoms with E-state index in [-0.39, 0.29) is 19.1 Å². The van der Waals surface area contributed by atoms with Crippen molar-refractivity contribution in [2.24, 2.45) is 0 Å². The number of amides is 1. The summed E-state index contributed by atoms with van der Waals surface area (Å²) in [5, 5.41) is 12.6. The highest BCUT2D eigenvalue weighted by atomic mass is 32.1. The summed E-state index contributed by atoms with van der Waals surface area (Å²) >= 11 is 5.04. The van der Waals surface area contributed by atoms with E-state index in [2.05, 4.69) is 5.32 Å². The number of nitrogens with one attached hydrogen (secondary N) is 1. The van der Waals surface area contributed by atoms with Gasteiger partial charge in [-0.3, -0.25) is 9.69 Å². The second-order valence-electron chi connectivity index (χ2n) is 3.53. The van der Waals surface area contributed by atoms with Crippen molar-refractivity contribution >= 4 is 23.2 Å². The Kier molecular flexibility index (Phi) is 3.17. The molecule has 1 aromatic carbocycles. The lowest BCUT2D eigenvalue weighted by Crippen LogP contribution is -2.36. The fourth-order valence-corrected chi connectivity index (χ4v) is 2.06. The molecule has 1 saturated heterocycles. The van der Waals surface area contributed by atoms with E-state index in [9.17, 15) is 9.90 Å². The number of benzene rings is 1. The van der Waals surface area contributed by atoms with E-state index >= 15 is 0 Å². The van der Waals surface area contributed by atoms with Crippen LogP contribution in [0.4, 0.5) is 0 Å². The van der Waals surface area contributed by atoms with Crippen molar-refractivity contribution in [1.29, 1.82) is 0 Å². The van der Waals surface area contributed by atoms with E-state index in [1.165, 1.54) is 4.90 Å². The van der Waals surface area contributed by atoms with E-state index < -0.39 is 6.04 Å². The first-order valence-corrected chi connectivity index (χ1v) is 5.40. The summed E-state index contributed by atoms with van der Waals surface area (Å²) < 4.78 is 0. The minimum absolute atomic E-state index is 0.104. The molecule has 0 spiro atoms. The van der Waals surface area contributed by atoms with E-state index in [1.54, 1.807) is 0 Å². The highest BCUT2D eigenvalue weighted by molar-refractivity contribution is 7.80. The zero-order chi connectivity index (χ0) is 11.5. The SMILES string of the molecule is O=C1CNC(=S)N1[C@@H](CO)c1ccccc1. The maximum Gasteiger partial charge on any atom is 0.248 e. The maximum absolute atomic E-state index is 11.6. The third-order valence-corrected chi connectivity index (χ3v) is 2.89. The molecule has 0 bridgehead atoms. The van der Waals surface area contributed by atoms with Crippen LogP contribution in [0.25, 0.3) is 0 Å². The van der Waals surface area contributed by atoms with Crippen LogP contribution in [0.3, 0.4) is 0 Å². The highest BCUT2D eigenvalue weighted by Crippen LogP contribution is 2.22. The lowest BCUT2D eigenvalue weighted by atomic mass is 10.1. The Balaban J connectivity index is 2.29. The topological polar surface area (TPSA) is 52.6 Å². The molecule has 0 aliphatic carbocycles. The summed E-state index contributed by atoms with van der Waals surface area (Å²) in [6, 6.07) is 8.98. The molecule has 0 aromatic heterocycles. The van der Waals surface area contributed by atoms with Crippen molar-refractivity contribution in [3.63, 3.8) is 0 Å². The number of aliphatic hydroxyl groups excluding tert-OH is 1. The predicted octanol–water partition coefficient (Wildman–Crippen LogP) is 0.437. The number of hydrogen-bond acceptors (Lipinski definition) is 3. The second kappa shape index (κ2) is 4.59. The van der Waals surface area contributed by atoms with Crippen LogP contribution in [0.5, 0.6) is 0 Å². The fourth-order valence-electron chi connectivity index (χ4n) is 1.76. The Hall–Kier alpha value is -1.46. The summed E-state index contributed by atoms with van der Waals surface area (Å²) in [5.41, 5.74) is 0.879. The Labute approximate surface area is 98.9 Å². The molecule has 84 valence electrons. The average molecular weight is 236 g/mol. The molecule has 0 saturated carbocycles. The van der Waals surface area contributed by atoms with Crippen molar-refractivity contribution in [3.8, 4) is 0 Å². The van der Waals surface area contributed by atoms with Crippen molar-refractivity contribution in [1.82, 2.24) is 10.2 Å². The molecule has 5 heteroatoms. The van der Waals surface area contributed by atoms with Gasteiger partial charge in [-0.2, -0.15) is 0 Å². The first-order chi connectivity index (χ1) is 7.74. The minimum Gasteiger partial charge on any atom is -0.394 e. The summed E-state index contributed by atoms with van der Waals surface area (Å²) in [4.78, 5) is 13.1. The number of carbonyl (C=O) groups is 1. The van der Waals surface area contributed by atoms with E-state index in [0.29, 0.717) is 5.11 Å². The molecule has 1 atom stereocenters. The third-order valence-electron chi connectivity index (χ3n) is 2.55. The molecule has 16 heavy (non-hydrogen) atoms. The molecule has 4 nitrogen and oxygen atoms in total. The van der Waals surface area contributed by atoms with Crippen LogP contribution in [0.1, 0.15) is 11.6 Å². The Morgan fingerprint density at radius 3 is 2.62 bits per heavy atom. The third kappa shape index (κ3) is 1.91. The highest BCUT2D eigenvalue weighted by Gasteiger charge is 2.32. The minimum atomic E-state index is -0.392. The van der Waals surface area contributed by atoms with E-state index in [4.69, 9.17) is 12.2 Å². The van der Waals surface area contributed by atoms with E-state index in [0.717, 1.165) is 5.56 Å². The zero-order valence-corrected chi connectivity index (χ0v) is 9.41. The summed E-state index contributed by atoms with van der Waals surface area (Å²) in [7, 11) is 0. The normalized spacial score (nSPS) is 17.4. The molecule has 1 fully saturated rings. The van der Waals surface area contributed by atoms with Crippen molar-refractivity contribution < 1.29 is 9.90 Å². The van der Waals surface area contributed by atoms with Gasteiger partial charge in [0.2, 0.25) is 5.91 Å². The lowest BCUT2D eigenvalue weighted by molar-refractivity contribution is -0.126. The summed E-state index contributed by atoms with van der Waals surface area (Å²) in [6.45, 7) is 0.0692. The molecule has 0 radical (unpaired) electrons. The number of aliphatic hydroxyl groups is 1. The van der Waals surface area contributed by atoms with Gasteiger partial charge in [0.15, 0.2) is 5.11 Å². The Morgan fingerprint density at radius 2 is 2.12 bits per heavy atom. The van der Waals surface area contributed by atoms with Crippen LogP contribution < -0.4 is 5.32 Å². The van der Waals surface area contributed by atoms with Crippen LogP contribution in [0.2, 0.25) is 0 Å². The Morgan fingerprint density at radius 1 is 1.44 bits per heavy atom. The van der Waals surface area contributed by atoms with Crippen LogP contribution in [0, 0.1) is 0 Å². The molecule has 1 aliphatic rings. The molecule has 1 heterocycles. The van der Waals surface area contributed by atoms with E-state index in [1.807, 2.05) is 30.3 Å². The van der Waals surface area contributed by atoms with Gasteiger partial charge in [-0.1, -0.05) is 30.3 Å². The largest absolute Gasteiger partial charge is 0.394 e. The first-order valence-electron chi connectivity index (χ1n) is 4.99. The lowest BCUT2D eigenvalue weighted by Gasteiger charge is -2.25. The van der Waals surface area contributed by atoms with Crippen LogP contribution in [0.15, 0.2) is 30.3 Å². The van der Waals surface area contributed by atoms with Crippen molar-refractivity contribution in [2.75, 3.05) is 13.2 Å². The second-order valence-corrected chi connectivity index (χ2v) is 3.92. The summed E-state index contributed by atoms with van der Waals surface area (Å²) in [6.07, 6.45) is 0. The Bertz CT molecular complexity index is 392. The summed E-state index contributed by atoms with van der Waals surface area (Å²) in [5.74, 6) is -0.104. The standard InChI is InChI=1S/C11H12N2O2S/c14-7-9(8-4-2-1-3-5-8)13-10(15)6-12-11(13)16/h1-5,9,14H,6-7H2,(H,12,16)/t9-/m0/s1. The number of hydrogen-bond donors (Lipinski definition) is 2. The van der Waals surface area contributed by atoms with Crippen LogP contribution in [-0.2, 0) is 4.79 Å². The maximum atomic E-state index is 11.6. The average Bonchev–Trinajstić information content (AvgIpc) is 2.63. The number of nitrogens with zero attached hydrogens (tertiary/aromatic N) is 1. The van der Waals surface area contributed by atoms with Crippen LogP contribution >= 0.6 is 12.2 Å². The molecule has 0 unspecified atom stereocenters. The first kappa shape index (κ1) is 11.0. The monoisotopic (exact) mass is 236 g/mol. The molecule has 2 N–H and O–H groups in total. The smallest absolute Gasteiger partial charge is 0.248 e.